The molecule has 0 heterocycles. The Labute approximate surface area is 124 Å². The molecule has 2 aromatic carbocycles. The number of rotatable bonds is 2. The second-order valence-corrected chi connectivity index (χ2v) is 5.72. The van der Waals surface area contributed by atoms with Crippen molar-refractivity contribution in [3.05, 3.63) is 42.0 Å². The second-order valence-electron chi connectivity index (χ2n) is 5.72. The largest absolute Gasteiger partial charge is 0.398 e. The number of carbonyl (C=O) groups excluding carboxylic acids is 1. The molecule has 0 radical (unpaired) electrons. The van der Waals surface area contributed by atoms with E-state index in [0.29, 0.717) is 11.3 Å². The van der Waals surface area contributed by atoms with Gasteiger partial charge in [-0.05, 0) is 35.7 Å². The Morgan fingerprint density at radius 2 is 1.81 bits per heavy atom. The Balaban J connectivity index is 1.85. The van der Waals surface area contributed by atoms with Crippen LogP contribution in [0.3, 0.4) is 0 Å². The Bertz CT molecular complexity index is 669. The van der Waals surface area contributed by atoms with Gasteiger partial charge in [-0.2, -0.15) is 0 Å². The van der Waals surface area contributed by atoms with Gasteiger partial charge in [0.1, 0.15) is 0 Å². The zero-order chi connectivity index (χ0) is 14.8. The van der Waals surface area contributed by atoms with E-state index in [1.807, 2.05) is 36.4 Å². The first-order valence-corrected chi connectivity index (χ1v) is 7.42. The maximum absolute atomic E-state index is 12.4. The van der Waals surface area contributed by atoms with E-state index in [2.05, 4.69) is 5.32 Å². The average molecular weight is 284 g/mol. The number of nitrogen functional groups attached to an aromatic ring is 1. The standard InChI is InChI=1S/C17H20N2O2/c18-14-10-12-6-2-1-5-11(12)9-13(14)17(21)19-15-7-3-4-8-16(15)20/h1-2,5-6,9-10,15-16,20H,3-4,7-8,18H2,(H,19,21)/t15-,16-/m0/s1. The Hall–Kier alpha value is -2.07. The zero-order valence-electron chi connectivity index (χ0n) is 11.9. The first-order chi connectivity index (χ1) is 10.1. The second kappa shape index (κ2) is 5.74. The van der Waals surface area contributed by atoms with Crippen LogP contribution in [0, 0.1) is 0 Å². The molecule has 1 amide bonds. The van der Waals surface area contributed by atoms with E-state index >= 15 is 0 Å². The number of carbonyl (C=O) groups is 1. The lowest BCUT2D eigenvalue weighted by Crippen LogP contribution is -2.45. The number of nitrogens with two attached hydrogens (primary N) is 1. The summed E-state index contributed by atoms with van der Waals surface area (Å²) >= 11 is 0. The third kappa shape index (κ3) is 2.85. The molecule has 0 aliphatic heterocycles. The van der Waals surface area contributed by atoms with E-state index in [1.165, 1.54) is 0 Å². The molecule has 4 nitrogen and oxygen atoms in total. The molecule has 0 spiro atoms. The van der Waals surface area contributed by atoms with Gasteiger partial charge >= 0.3 is 0 Å². The predicted octanol–water partition coefficient (Wildman–Crippen LogP) is 2.46. The summed E-state index contributed by atoms with van der Waals surface area (Å²) in [6, 6.07) is 11.3. The van der Waals surface area contributed by atoms with Crippen LogP contribution in [-0.4, -0.2) is 23.2 Å². The van der Waals surface area contributed by atoms with Crippen LogP contribution in [0.4, 0.5) is 5.69 Å². The lowest BCUT2D eigenvalue weighted by atomic mass is 9.92. The predicted molar refractivity (Wildman–Crippen MR) is 84.1 cm³/mol. The zero-order valence-corrected chi connectivity index (χ0v) is 11.9. The molecular weight excluding hydrogens is 264 g/mol. The first kappa shape index (κ1) is 13.9. The summed E-state index contributed by atoms with van der Waals surface area (Å²) in [5, 5.41) is 14.9. The van der Waals surface area contributed by atoms with Crippen LogP contribution in [0.5, 0.6) is 0 Å². The fourth-order valence-electron chi connectivity index (χ4n) is 2.98. The first-order valence-electron chi connectivity index (χ1n) is 7.42. The third-order valence-electron chi connectivity index (χ3n) is 4.21. The van der Waals surface area contributed by atoms with Crippen molar-refractivity contribution in [1.82, 2.24) is 5.32 Å². The van der Waals surface area contributed by atoms with E-state index in [-0.39, 0.29) is 11.9 Å². The average Bonchev–Trinajstić information content (AvgIpc) is 2.49. The highest BCUT2D eigenvalue weighted by Gasteiger charge is 2.25. The highest BCUT2D eigenvalue weighted by Crippen LogP contribution is 2.23. The van der Waals surface area contributed by atoms with Gasteiger partial charge in [0, 0.05) is 5.69 Å². The van der Waals surface area contributed by atoms with Crippen LogP contribution in [-0.2, 0) is 0 Å². The molecule has 0 bridgehead atoms. The van der Waals surface area contributed by atoms with Gasteiger partial charge in [-0.15, -0.1) is 0 Å². The van der Waals surface area contributed by atoms with E-state index in [1.54, 1.807) is 0 Å². The minimum atomic E-state index is -0.454. The summed E-state index contributed by atoms with van der Waals surface area (Å²) in [6.07, 6.45) is 3.17. The number of amides is 1. The van der Waals surface area contributed by atoms with Crippen molar-refractivity contribution in [1.29, 1.82) is 0 Å². The summed E-state index contributed by atoms with van der Waals surface area (Å²) in [7, 11) is 0. The van der Waals surface area contributed by atoms with Crippen LogP contribution in [0.25, 0.3) is 10.8 Å². The fraction of sp³-hybridized carbons (Fsp3) is 0.353. The van der Waals surface area contributed by atoms with Gasteiger partial charge in [-0.25, -0.2) is 0 Å². The molecule has 0 saturated heterocycles. The van der Waals surface area contributed by atoms with Gasteiger partial charge in [0.05, 0.1) is 17.7 Å². The van der Waals surface area contributed by atoms with Crippen molar-refractivity contribution in [3.63, 3.8) is 0 Å². The molecule has 1 fully saturated rings. The molecule has 2 atom stereocenters. The van der Waals surface area contributed by atoms with Crippen molar-refractivity contribution in [3.8, 4) is 0 Å². The van der Waals surface area contributed by atoms with Gasteiger partial charge in [0.25, 0.3) is 5.91 Å². The topological polar surface area (TPSA) is 75.4 Å². The summed E-state index contributed by atoms with van der Waals surface area (Å²) in [5.74, 6) is -0.204. The monoisotopic (exact) mass is 284 g/mol. The van der Waals surface area contributed by atoms with Crippen LogP contribution in [0.2, 0.25) is 0 Å². The number of nitrogens with one attached hydrogen (secondary N) is 1. The number of aliphatic hydroxyl groups is 1. The van der Waals surface area contributed by atoms with Gasteiger partial charge in [-0.1, -0.05) is 37.1 Å². The van der Waals surface area contributed by atoms with E-state index in [9.17, 15) is 9.90 Å². The number of aliphatic hydroxyl groups excluding tert-OH is 1. The van der Waals surface area contributed by atoms with E-state index in [0.717, 1.165) is 36.5 Å². The normalized spacial score (nSPS) is 22.1. The molecule has 1 aliphatic carbocycles. The lowest BCUT2D eigenvalue weighted by molar-refractivity contribution is 0.0718. The van der Waals surface area contributed by atoms with Gasteiger partial charge in [0.2, 0.25) is 0 Å². The number of hydrogen-bond acceptors (Lipinski definition) is 3. The molecule has 110 valence electrons. The molecule has 0 unspecified atom stereocenters. The molecule has 1 aliphatic rings. The highest BCUT2D eigenvalue weighted by molar-refractivity contribution is 6.04. The molecule has 1 saturated carbocycles. The third-order valence-corrected chi connectivity index (χ3v) is 4.21. The number of fused-ring (bicyclic) bond motifs is 1. The van der Waals surface area contributed by atoms with Crippen molar-refractivity contribution in [2.24, 2.45) is 0 Å². The minimum Gasteiger partial charge on any atom is -0.398 e. The van der Waals surface area contributed by atoms with Crippen LogP contribution in [0.15, 0.2) is 36.4 Å². The molecule has 4 N–H and O–H groups in total. The van der Waals surface area contributed by atoms with Gasteiger partial charge in [0.15, 0.2) is 0 Å². The summed E-state index contributed by atoms with van der Waals surface area (Å²) < 4.78 is 0. The van der Waals surface area contributed by atoms with Crippen molar-refractivity contribution >= 4 is 22.4 Å². The fourth-order valence-corrected chi connectivity index (χ4v) is 2.98. The smallest absolute Gasteiger partial charge is 0.253 e. The van der Waals surface area contributed by atoms with Crippen LogP contribution < -0.4 is 11.1 Å². The molecule has 4 heteroatoms. The minimum absolute atomic E-state index is 0.169. The highest BCUT2D eigenvalue weighted by atomic mass is 16.3. The number of anilines is 1. The molecule has 3 rings (SSSR count). The summed E-state index contributed by atoms with van der Waals surface area (Å²) in [6.45, 7) is 0. The van der Waals surface area contributed by atoms with Crippen molar-refractivity contribution < 1.29 is 9.90 Å². The van der Waals surface area contributed by atoms with Crippen molar-refractivity contribution in [2.45, 2.75) is 37.8 Å². The van der Waals surface area contributed by atoms with Gasteiger partial charge in [-0.3, -0.25) is 4.79 Å². The summed E-state index contributed by atoms with van der Waals surface area (Å²) in [4.78, 5) is 12.4. The Morgan fingerprint density at radius 1 is 1.14 bits per heavy atom. The molecule has 21 heavy (non-hydrogen) atoms. The van der Waals surface area contributed by atoms with Gasteiger partial charge < -0.3 is 16.2 Å². The molecule has 2 aromatic rings. The van der Waals surface area contributed by atoms with E-state index in [4.69, 9.17) is 5.73 Å². The van der Waals surface area contributed by atoms with E-state index < -0.39 is 6.10 Å². The number of hydrogen-bond donors (Lipinski definition) is 3. The Morgan fingerprint density at radius 3 is 2.52 bits per heavy atom. The van der Waals surface area contributed by atoms with Crippen LogP contribution >= 0.6 is 0 Å². The Kier molecular flexibility index (Phi) is 3.80. The lowest BCUT2D eigenvalue weighted by Gasteiger charge is -2.28. The quantitative estimate of drug-likeness (QED) is 0.741. The summed E-state index contributed by atoms with van der Waals surface area (Å²) in [5.41, 5.74) is 6.95. The maximum atomic E-state index is 12.4. The molecular formula is C17H20N2O2. The molecule has 0 aromatic heterocycles. The number of benzene rings is 2. The SMILES string of the molecule is Nc1cc2ccccc2cc1C(=O)N[C@H]1CCCC[C@@H]1O. The maximum Gasteiger partial charge on any atom is 0.253 e. The van der Waals surface area contributed by atoms with Crippen LogP contribution in [0.1, 0.15) is 36.0 Å². The van der Waals surface area contributed by atoms with Crippen molar-refractivity contribution in [2.75, 3.05) is 5.73 Å².